The molecule has 0 unspecified atom stereocenters. The van der Waals surface area contributed by atoms with Crippen molar-refractivity contribution in [1.82, 2.24) is 18.9 Å². The number of aryl methyl sites for hydroxylation is 1. The number of aromatic nitrogens is 4. The summed E-state index contributed by atoms with van der Waals surface area (Å²) in [6.07, 6.45) is 5.60. The Bertz CT molecular complexity index is 1310. The van der Waals surface area contributed by atoms with Crippen LogP contribution >= 0.6 is 0 Å². The fraction of sp³-hybridized carbons (Fsp3) is 0.0455. The van der Waals surface area contributed by atoms with Gasteiger partial charge in [-0.15, -0.1) is 0 Å². The van der Waals surface area contributed by atoms with Crippen LogP contribution in [0.15, 0.2) is 84.0 Å². The smallest absolute Gasteiger partial charge is 0.258 e. The second kappa shape index (κ2) is 5.92. The SMILES string of the molecule is Cn1c(=O)c(-c2ccc(-c3cn4cccnc4n3)cc2)cc2ccccc21. The average Bonchev–Trinajstić information content (AvgIpc) is 3.15. The third-order valence-electron chi connectivity index (χ3n) is 4.86. The first-order chi connectivity index (χ1) is 13.2. The van der Waals surface area contributed by atoms with Gasteiger partial charge in [-0.1, -0.05) is 42.5 Å². The lowest BCUT2D eigenvalue weighted by atomic mass is 10.0. The van der Waals surface area contributed by atoms with Gasteiger partial charge in [0.1, 0.15) is 0 Å². The lowest BCUT2D eigenvalue weighted by Crippen LogP contribution is -2.18. The third kappa shape index (κ3) is 2.52. The van der Waals surface area contributed by atoms with E-state index in [9.17, 15) is 4.79 Å². The van der Waals surface area contributed by atoms with Gasteiger partial charge in [-0.25, -0.2) is 9.97 Å². The maximum atomic E-state index is 12.8. The van der Waals surface area contributed by atoms with Gasteiger partial charge in [0.2, 0.25) is 5.78 Å². The summed E-state index contributed by atoms with van der Waals surface area (Å²) < 4.78 is 3.59. The molecule has 0 saturated carbocycles. The minimum atomic E-state index is -0.00150. The molecule has 0 saturated heterocycles. The van der Waals surface area contributed by atoms with E-state index in [-0.39, 0.29) is 5.56 Å². The van der Waals surface area contributed by atoms with Gasteiger partial charge in [0.15, 0.2) is 0 Å². The Labute approximate surface area is 155 Å². The van der Waals surface area contributed by atoms with Crippen LogP contribution in [0, 0.1) is 0 Å². The van der Waals surface area contributed by atoms with Crippen molar-refractivity contribution in [2.45, 2.75) is 0 Å². The molecule has 0 aliphatic heterocycles. The summed E-state index contributed by atoms with van der Waals surface area (Å²) in [5.74, 6) is 0.667. The van der Waals surface area contributed by atoms with Crippen LogP contribution in [-0.2, 0) is 7.05 Å². The molecule has 0 aliphatic rings. The number of benzene rings is 2. The van der Waals surface area contributed by atoms with E-state index in [4.69, 9.17) is 0 Å². The van der Waals surface area contributed by atoms with E-state index in [0.717, 1.165) is 27.7 Å². The average molecular weight is 352 g/mol. The Morgan fingerprint density at radius 2 is 1.70 bits per heavy atom. The lowest BCUT2D eigenvalue weighted by molar-refractivity contribution is 0.909. The van der Waals surface area contributed by atoms with Crippen LogP contribution in [0.3, 0.4) is 0 Å². The highest BCUT2D eigenvalue weighted by molar-refractivity contribution is 5.84. The fourth-order valence-corrected chi connectivity index (χ4v) is 3.42. The maximum absolute atomic E-state index is 12.8. The number of para-hydroxylation sites is 1. The van der Waals surface area contributed by atoms with Gasteiger partial charge in [-0.2, -0.15) is 0 Å². The highest BCUT2D eigenvalue weighted by atomic mass is 16.1. The van der Waals surface area contributed by atoms with Gasteiger partial charge in [0, 0.05) is 36.8 Å². The van der Waals surface area contributed by atoms with Crippen molar-refractivity contribution in [2.24, 2.45) is 7.05 Å². The first-order valence-corrected chi connectivity index (χ1v) is 8.70. The zero-order valence-corrected chi connectivity index (χ0v) is 14.7. The van der Waals surface area contributed by atoms with Crippen LogP contribution in [0.2, 0.25) is 0 Å². The van der Waals surface area contributed by atoms with Crippen molar-refractivity contribution < 1.29 is 0 Å². The molecule has 0 fully saturated rings. The predicted molar refractivity (Wildman–Crippen MR) is 107 cm³/mol. The number of rotatable bonds is 2. The van der Waals surface area contributed by atoms with Crippen molar-refractivity contribution in [3.8, 4) is 22.4 Å². The van der Waals surface area contributed by atoms with Crippen molar-refractivity contribution in [2.75, 3.05) is 0 Å². The maximum Gasteiger partial charge on any atom is 0.258 e. The number of hydrogen-bond donors (Lipinski definition) is 0. The molecule has 5 rings (SSSR count). The Morgan fingerprint density at radius 1 is 0.926 bits per heavy atom. The number of pyridine rings is 1. The van der Waals surface area contributed by atoms with Gasteiger partial charge in [0.05, 0.1) is 11.2 Å². The quantitative estimate of drug-likeness (QED) is 0.484. The normalized spacial score (nSPS) is 11.3. The molecule has 0 bridgehead atoms. The number of fused-ring (bicyclic) bond motifs is 2. The van der Waals surface area contributed by atoms with Crippen LogP contribution in [0.25, 0.3) is 39.1 Å². The molecule has 3 aromatic heterocycles. The standard InChI is InChI=1S/C22H16N4O/c1-25-20-6-3-2-5-17(20)13-18(21(25)27)15-7-9-16(10-8-15)19-14-26-12-4-11-23-22(26)24-19/h2-14H,1H3. The highest BCUT2D eigenvalue weighted by Crippen LogP contribution is 2.24. The molecule has 0 spiro atoms. The molecule has 130 valence electrons. The van der Waals surface area contributed by atoms with Gasteiger partial charge in [0.25, 0.3) is 5.56 Å². The van der Waals surface area contributed by atoms with Gasteiger partial charge >= 0.3 is 0 Å². The summed E-state index contributed by atoms with van der Waals surface area (Å²) in [6, 6.07) is 19.7. The summed E-state index contributed by atoms with van der Waals surface area (Å²) in [5, 5.41) is 1.05. The molecule has 5 heteroatoms. The fourth-order valence-electron chi connectivity index (χ4n) is 3.42. The minimum absolute atomic E-state index is 0.00150. The van der Waals surface area contributed by atoms with Gasteiger partial charge in [-0.3, -0.25) is 9.20 Å². The van der Waals surface area contributed by atoms with E-state index < -0.39 is 0 Å². The van der Waals surface area contributed by atoms with Gasteiger partial charge in [-0.05, 0) is 29.1 Å². The summed E-state index contributed by atoms with van der Waals surface area (Å²) in [6.45, 7) is 0. The molecule has 0 N–H and O–H groups in total. The van der Waals surface area contributed by atoms with E-state index >= 15 is 0 Å². The summed E-state index contributed by atoms with van der Waals surface area (Å²) in [5.41, 5.74) is 4.36. The van der Waals surface area contributed by atoms with E-state index in [1.807, 2.05) is 84.5 Å². The van der Waals surface area contributed by atoms with Gasteiger partial charge < -0.3 is 4.57 Å². The van der Waals surface area contributed by atoms with E-state index in [1.54, 1.807) is 10.8 Å². The molecule has 3 heterocycles. The van der Waals surface area contributed by atoms with E-state index in [1.165, 1.54) is 0 Å². The molecule has 0 aliphatic carbocycles. The number of imidazole rings is 1. The van der Waals surface area contributed by atoms with Crippen molar-refractivity contribution >= 4 is 16.7 Å². The first-order valence-electron chi connectivity index (χ1n) is 8.70. The van der Waals surface area contributed by atoms with E-state index in [0.29, 0.717) is 11.3 Å². The lowest BCUT2D eigenvalue weighted by Gasteiger charge is -2.09. The Hall–Kier alpha value is -3.73. The Kier molecular flexibility index (Phi) is 3.40. The number of hydrogen-bond acceptors (Lipinski definition) is 3. The molecular formula is C22H16N4O. The summed E-state index contributed by atoms with van der Waals surface area (Å²) in [4.78, 5) is 21.6. The highest BCUT2D eigenvalue weighted by Gasteiger charge is 2.10. The van der Waals surface area contributed by atoms with E-state index in [2.05, 4.69) is 9.97 Å². The van der Waals surface area contributed by atoms with Crippen LogP contribution in [0.5, 0.6) is 0 Å². The first kappa shape index (κ1) is 15.5. The second-order valence-electron chi connectivity index (χ2n) is 6.51. The molecule has 5 aromatic rings. The Balaban J connectivity index is 1.60. The monoisotopic (exact) mass is 352 g/mol. The third-order valence-corrected chi connectivity index (χ3v) is 4.86. The molecule has 0 atom stereocenters. The van der Waals surface area contributed by atoms with Crippen LogP contribution in [0.1, 0.15) is 0 Å². The molecule has 0 amide bonds. The summed E-state index contributed by atoms with van der Waals surface area (Å²) in [7, 11) is 1.81. The molecular weight excluding hydrogens is 336 g/mol. The van der Waals surface area contributed by atoms with Crippen molar-refractivity contribution in [3.63, 3.8) is 0 Å². The van der Waals surface area contributed by atoms with Crippen LogP contribution in [0.4, 0.5) is 0 Å². The predicted octanol–water partition coefficient (Wildman–Crippen LogP) is 3.92. The zero-order chi connectivity index (χ0) is 18.4. The summed E-state index contributed by atoms with van der Waals surface area (Å²) >= 11 is 0. The van der Waals surface area contributed by atoms with Crippen LogP contribution < -0.4 is 5.56 Å². The molecule has 0 radical (unpaired) electrons. The largest absolute Gasteiger partial charge is 0.311 e. The topological polar surface area (TPSA) is 52.2 Å². The Morgan fingerprint density at radius 3 is 2.52 bits per heavy atom. The van der Waals surface area contributed by atoms with Crippen LogP contribution in [-0.4, -0.2) is 18.9 Å². The number of nitrogens with zero attached hydrogens (tertiary/aromatic N) is 4. The van der Waals surface area contributed by atoms with Crippen molar-refractivity contribution in [3.05, 3.63) is 89.6 Å². The molecule has 2 aromatic carbocycles. The molecule has 27 heavy (non-hydrogen) atoms. The molecule has 5 nitrogen and oxygen atoms in total. The minimum Gasteiger partial charge on any atom is -0.311 e. The second-order valence-corrected chi connectivity index (χ2v) is 6.51. The zero-order valence-electron chi connectivity index (χ0n) is 14.7. The van der Waals surface area contributed by atoms with Crippen molar-refractivity contribution in [1.29, 1.82) is 0 Å².